The summed E-state index contributed by atoms with van der Waals surface area (Å²) >= 11 is 25.3. The van der Waals surface area contributed by atoms with Gasteiger partial charge in [0.25, 0.3) is 0 Å². The van der Waals surface area contributed by atoms with Gasteiger partial charge in [-0.15, -0.1) is 0 Å². The molecule has 4 aliphatic rings. The van der Waals surface area contributed by atoms with E-state index in [1.54, 1.807) is 104 Å². The molecule has 37 heteroatoms. The number of aliphatic hydroxyl groups is 1. The third kappa shape index (κ3) is 23.6. The third-order valence-electron chi connectivity index (χ3n) is 24.3. The molecule has 11 N–H and O–H groups in total. The number of halogens is 4. The Balaban J connectivity index is 0.000000154. The summed E-state index contributed by atoms with van der Waals surface area (Å²) in [6, 6.07) is 36.2. The molecule has 726 valence electrons. The van der Waals surface area contributed by atoms with Crippen LogP contribution in [0.2, 0.25) is 20.1 Å². The number of nitrogens with two attached hydrogens (primary N) is 1. The second kappa shape index (κ2) is 45.3. The predicted octanol–water partition coefficient (Wildman–Crippen LogP) is 14.2. The summed E-state index contributed by atoms with van der Waals surface area (Å²) in [6.45, 7) is 8.29. The molecule has 0 aliphatic carbocycles. The minimum atomic E-state index is -1.31. The zero-order chi connectivity index (χ0) is 98.7. The number of hydrogen-bond acceptors (Lipinski definition) is 33. The number of benzene rings is 8. The Hall–Kier alpha value is -12.3. The van der Waals surface area contributed by atoms with Crippen molar-refractivity contribution >= 4 is 114 Å². The molecule has 8 aromatic carbocycles. The Morgan fingerprint density at radius 1 is 0.372 bits per heavy atom. The maximum absolute atomic E-state index is 13.1. The fourth-order valence-electron chi connectivity index (χ4n) is 17.5. The van der Waals surface area contributed by atoms with Crippen LogP contribution in [0.15, 0.2) is 182 Å². The molecule has 16 rings (SSSR count). The van der Waals surface area contributed by atoms with Crippen LogP contribution >= 0.6 is 46.4 Å². The van der Waals surface area contributed by atoms with Crippen LogP contribution in [0.25, 0.3) is 89.2 Å². The number of fused-ring (bicyclic) bond motifs is 4. The zero-order valence-corrected chi connectivity index (χ0v) is 79.0. The van der Waals surface area contributed by atoms with Gasteiger partial charge in [0.05, 0.1) is 59.4 Å². The van der Waals surface area contributed by atoms with Gasteiger partial charge in [-0.2, -0.15) is 0 Å². The summed E-state index contributed by atoms with van der Waals surface area (Å²) < 4.78 is 62.5. The minimum absolute atomic E-state index is 0.00238. The highest BCUT2D eigenvalue weighted by molar-refractivity contribution is 6.34. The second-order valence-electron chi connectivity index (χ2n) is 34.1. The number of carbonyl (C=O) groups is 4. The first-order valence-corrected chi connectivity index (χ1v) is 45.6. The average molecular weight is 1970 g/mol. The molecule has 4 fully saturated rings. The Morgan fingerprint density at radius 3 is 0.883 bits per heavy atom. The van der Waals surface area contributed by atoms with Crippen molar-refractivity contribution in [3.63, 3.8) is 0 Å². The molecule has 137 heavy (non-hydrogen) atoms. The molecule has 0 spiro atoms. The molecule has 12 aromatic rings. The first kappa shape index (κ1) is 102. The van der Waals surface area contributed by atoms with Crippen LogP contribution in [0.5, 0.6) is 46.0 Å². The Morgan fingerprint density at radius 2 is 0.628 bits per heavy atom. The Bertz CT molecular complexity index is 6530. The number of rotatable bonds is 23. The Labute approximate surface area is 804 Å². The first-order valence-electron chi connectivity index (χ1n) is 44.1. The van der Waals surface area contributed by atoms with Gasteiger partial charge in [-0.05, 0) is 142 Å². The number of likely N-dealkylation sites (N-methyl/N-ethyl adjacent to an activating group) is 4. The SMILES string of the molecule is COCCC(=O)O[C@@H]1CN(C)CC[C@@H]1c1c(O)cc(O)c2c(=O)cc(-c3ccccc3Cl)oc12.COCCOCCC(=O)O[C@@H]1CN(C)CC[C@@H]1c1c(O)cc(O)c2c(=O)cc(-c3ccccc3Cl)oc12.C[C@H](N)C(=O)O[C@@H]1CN(C)CC[C@@H]1c1c(O)cc(O)c2c(=O)cc(-c3ccccc3Cl)oc12.C[C@H](O)C(=O)O[C@@H]1CN(C)CC[C@@H]1c1c(O)cc(O)c2c(=O)cc(-c3ccccc3Cl)oc12. The van der Waals surface area contributed by atoms with Gasteiger partial charge < -0.3 is 122 Å². The molecule has 4 aliphatic heterocycles. The van der Waals surface area contributed by atoms with Gasteiger partial charge in [0, 0.05) is 157 Å². The summed E-state index contributed by atoms with van der Waals surface area (Å²) in [7, 11) is 10.7. The zero-order valence-electron chi connectivity index (χ0n) is 76.0. The predicted molar refractivity (Wildman–Crippen MR) is 513 cm³/mol. The topological polar surface area (TPSA) is 475 Å². The second-order valence-corrected chi connectivity index (χ2v) is 35.8. The summed E-state index contributed by atoms with van der Waals surface area (Å²) in [5.41, 5.74) is 7.01. The molecular formula is C100H105Cl4N5O28. The van der Waals surface area contributed by atoms with E-state index in [1.807, 2.05) is 47.8 Å². The van der Waals surface area contributed by atoms with Gasteiger partial charge in [0.15, 0.2) is 21.7 Å². The molecule has 0 unspecified atom stereocenters. The normalized spacial score (nSPS) is 19.2. The van der Waals surface area contributed by atoms with E-state index in [-0.39, 0.29) is 122 Å². The first-order chi connectivity index (χ1) is 65.4. The van der Waals surface area contributed by atoms with Crippen molar-refractivity contribution in [2.45, 2.75) is 113 Å². The molecule has 0 radical (unpaired) electrons. The third-order valence-corrected chi connectivity index (χ3v) is 25.6. The number of likely N-dealkylation sites (tertiary alicyclic amines) is 4. The van der Waals surface area contributed by atoms with Crippen molar-refractivity contribution in [1.29, 1.82) is 0 Å². The number of piperidine rings is 4. The number of methoxy groups -OCH3 is 2. The number of aromatic hydroxyl groups is 8. The number of phenols is 8. The van der Waals surface area contributed by atoms with Crippen molar-refractivity contribution < 1.29 is 116 Å². The van der Waals surface area contributed by atoms with Crippen LogP contribution < -0.4 is 27.4 Å². The molecule has 10 atom stereocenters. The van der Waals surface area contributed by atoms with Crippen molar-refractivity contribution in [2.75, 3.05) is 121 Å². The van der Waals surface area contributed by atoms with Crippen LogP contribution in [0.3, 0.4) is 0 Å². The highest BCUT2D eigenvalue weighted by Gasteiger charge is 2.43. The van der Waals surface area contributed by atoms with E-state index in [9.17, 15) is 84.3 Å². The van der Waals surface area contributed by atoms with E-state index < -0.39 is 129 Å². The largest absolute Gasteiger partial charge is 0.507 e. The van der Waals surface area contributed by atoms with Crippen molar-refractivity contribution in [3.8, 4) is 91.3 Å². The molecule has 33 nitrogen and oxygen atoms in total. The van der Waals surface area contributed by atoms with Crippen molar-refractivity contribution in [3.05, 3.63) is 229 Å². The summed E-state index contributed by atoms with van der Waals surface area (Å²) in [6.07, 6.45) is -1.71. The molecule has 0 saturated carbocycles. The highest BCUT2D eigenvalue weighted by atomic mass is 35.5. The lowest BCUT2D eigenvalue weighted by atomic mass is 9.85. The molecular weight excluding hydrogens is 1860 g/mol. The quantitative estimate of drug-likeness (QED) is 0.0161. The van der Waals surface area contributed by atoms with Crippen molar-refractivity contribution in [2.24, 2.45) is 5.73 Å². The number of ether oxygens (including phenoxy) is 7. The molecule has 4 aromatic heterocycles. The molecule has 0 amide bonds. The van der Waals surface area contributed by atoms with Gasteiger partial charge in [-0.1, -0.05) is 94.9 Å². The Kier molecular flexibility index (Phi) is 33.8. The van der Waals surface area contributed by atoms with E-state index in [1.165, 1.54) is 45.2 Å². The fourth-order valence-corrected chi connectivity index (χ4v) is 18.4. The van der Waals surface area contributed by atoms with Crippen LogP contribution in [0, 0.1) is 0 Å². The highest BCUT2D eigenvalue weighted by Crippen LogP contribution is 2.50. The van der Waals surface area contributed by atoms with E-state index in [4.69, 9.17) is 103 Å². The average Bonchev–Trinajstić information content (AvgIpc) is 0.758. The van der Waals surface area contributed by atoms with Crippen LogP contribution in [-0.4, -0.2) is 247 Å². The van der Waals surface area contributed by atoms with E-state index >= 15 is 0 Å². The van der Waals surface area contributed by atoms with Crippen LogP contribution in [-0.2, 0) is 52.3 Å². The van der Waals surface area contributed by atoms with Gasteiger partial charge in [-0.25, -0.2) is 4.79 Å². The minimum Gasteiger partial charge on any atom is -0.507 e. The lowest BCUT2D eigenvalue weighted by molar-refractivity contribution is -0.161. The number of hydrogen-bond donors (Lipinski definition) is 10. The molecule has 8 heterocycles. The summed E-state index contributed by atoms with van der Waals surface area (Å²) in [5, 5.41) is 96.3. The van der Waals surface area contributed by atoms with Crippen LogP contribution in [0.1, 0.15) is 98.3 Å². The van der Waals surface area contributed by atoms with Gasteiger partial charge in [0.1, 0.15) is 149 Å². The van der Waals surface area contributed by atoms with Gasteiger partial charge in [-0.3, -0.25) is 33.6 Å². The monoisotopic (exact) mass is 1960 g/mol. The number of esters is 4. The van der Waals surface area contributed by atoms with E-state index in [2.05, 4.69) is 0 Å². The van der Waals surface area contributed by atoms with Crippen LogP contribution in [0.4, 0.5) is 0 Å². The molecule has 0 bridgehead atoms. The maximum Gasteiger partial charge on any atom is 0.335 e. The summed E-state index contributed by atoms with van der Waals surface area (Å²) in [4.78, 5) is 110. The standard InChI is InChI=1S/C27H30ClNO8.C25H26ClNO7.C24H25ClN2O6.C24H24ClNO7/c1-29-9-7-17(23(15-29)36-24(33)8-10-35-12-11-34-2)25-19(30)13-20(31)26-21(32)14-22(37-27(25)26)16-5-3-4-6-18(16)28;1-27-9-7-15(21(13-27)33-22(31)8-10-32-2)23-17(28)11-18(29)24-19(30)12-20(34-25(23)24)14-5-3-4-6-16(14)26;1-12(26)24(31)33-20-11-27(2)8-7-14(20)21-16(28)9-17(29)22-18(30)10-19(32-23(21)22)13-5-3-4-6-15(13)25;1-12(27)24(31)33-20-11-26(2)8-7-14(20)21-16(28)9-17(29)22-18(30)10-19(32-23(21)22)13-5-3-4-6-15(13)25/h3-6,13-14,17,23,30-31H,7-12,15H2,1-2H3;3-6,11-12,15,21,28-29H,7-10,13H2,1-2H3;3-6,9-10,12,14,20,28-29H,7-8,11,26H2,1-2H3;3-6,9-10,12,14,20,27-29H,7-8,11H2,1-2H3/t17-,23+;15-,21+;2*12-,14-,20+/m0000/s1. The van der Waals surface area contributed by atoms with E-state index in [0.717, 1.165) is 24.3 Å². The van der Waals surface area contributed by atoms with Crippen molar-refractivity contribution in [1.82, 2.24) is 19.6 Å². The van der Waals surface area contributed by atoms with E-state index in [0.29, 0.717) is 150 Å². The number of carbonyl (C=O) groups excluding carboxylic acids is 4. The van der Waals surface area contributed by atoms with Gasteiger partial charge in [0.2, 0.25) is 0 Å². The number of phenolic OH excluding ortho intramolecular Hbond substituents is 8. The lowest BCUT2D eigenvalue weighted by Gasteiger charge is -2.37. The number of aliphatic hydroxyl groups excluding tert-OH is 1. The lowest BCUT2D eigenvalue weighted by Crippen LogP contribution is -2.45. The maximum atomic E-state index is 13.1. The fraction of sp³-hybridized carbons (Fsp3) is 0.360. The summed E-state index contributed by atoms with van der Waals surface area (Å²) in [5.74, 6) is -6.06. The number of nitrogens with zero attached hydrogens (tertiary/aromatic N) is 4. The molecule has 4 saturated heterocycles. The van der Waals surface area contributed by atoms with Gasteiger partial charge >= 0.3 is 23.9 Å². The smallest absolute Gasteiger partial charge is 0.335 e.